The number of ether oxygens (including phenoxy) is 2. The SMILES string of the molecule is CC(C)(C)[Si](C)(C)OC[C@H]1OC=C[C@@H](O)[C@H]1O[C@@H]1C=Cc2ccccc2[C@H]1O. The van der Waals surface area contributed by atoms with Gasteiger partial charge in [0.25, 0.3) is 0 Å². The van der Waals surface area contributed by atoms with Crippen LogP contribution in [0.25, 0.3) is 6.08 Å². The normalized spacial score (nSPS) is 30.0. The third-order valence-corrected chi connectivity index (χ3v) is 10.6. The Kier molecular flexibility index (Phi) is 6.17. The second kappa shape index (κ2) is 8.12. The number of fused-ring (bicyclic) bond motifs is 1. The summed E-state index contributed by atoms with van der Waals surface area (Å²) < 4.78 is 18.2. The highest BCUT2D eigenvalue weighted by Gasteiger charge is 2.41. The molecule has 0 bridgehead atoms. The Bertz CT molecular complexity index is 737. The molecule has 0 fully saturated rings. The summed E-state index contributed by atoms with van der Waals surface area (Å²) in [5.74, 6) is 0. The van der Waals surface area contributed by atoms with E-state index in [0.717, 1.165) is 11.1 Å². The molecular formula is C22H32O5Si. The first-order valence-corrected chi connectivity index (χ1v) is 12.8. The molecule has 0 amide bonds. The summed E-state index contributed by atoms with van der Waals surface area (Å²) in [5.41, 5.74) is 1.80. The molecule has 1 aromatic rings. The van der Waals surface area contributed by atoms with E-state index >= 15 is 0 Å². The standard InChI is InChI=1S/C22H32O5Si/c1-22(2,3)28(4,5)26-14-19-21(17(23)12-13-25-19)27-18-11-10-15-8-6-7-9-16(15)20(18)24/h6-13,17-21,23-24H,14H2,1-5H3/t17-,18-,19-,20-,21-/m1/s1. The fourth-order valence-corrected chi connectivity index (χ4v) is 4.17. The molecule has 28 heavy (non-hydrogen) atoms. The minimum atomic E-state index is -1.96. The van der Waals surface area contributed by atoms with Crippen LogP contribution in [0.2, 0.25) is 18.1 Å². The van der Waals surface area contributed by atoms with Crippen molar-refractivity contribution in [2.24, 2.45) is 0 Å². The van der Waals surface area contributed by atoms with Gasteiger partial charge in [0.2, 0.25) is 0 Å². The Hall–Kier alpha value is -1.44. The maximum atomic E-state index is 10.7. The van der Waals surface area contributed by atoms with E-state index in [1.165, 1.54) is 6.26 Å². The Morgan fingerprint density at radius 1 is 1.11 bits per heavy atom. The molecule has 2 aliphatic rings. The van der Waals surface area contributed by atoms with Gasteiger partial charge in [0, 0.05) is 0 Å². The quantitative estimate of drug-likeness (QED) is 0.731. The molecule has 5 nitrogen and oxygen atoms in total. The minimum absolute atomic E-state index is 0.0818. The van der Waals surface area contributed by atoms with Gasteiger partial charge in [-0.15, -0.1) is 0 Å². The number of aliphatic hydroxyl groups excluding tert-OH is 2. The molecule has 1 aliphatic heterocycles. The van der Waals surface area contributed by atoms with E-state index in [-0.39, 0.29) is 5.04 Å². The third-order valence-electron chi connectivity index (χ3n) is 6.05. The number of aliphatic hydroxyl groups is 2. The van der Waals surface area contributed by atoms with Gasteiger partial charge in [0.05, 0.1) is 12.9 Å². The first kappa shape index (κ1) is 21.3. The molecule has 1 aromatic carbocycles. The third kappa shape index (κ3) is 4.42. The number of rotatable bonds is 5. The first-order chi connectivity index (χ1) is 13.1. The van der Waals surface area contributed by atoms with E-state index in [4.69, 9.17) is 13.9 Å². The van der Waals surface area contributed by atoms with Crippen LogP contribution in [0.4, 0.5) is 0 Å². The van der Waals surface area contributed by atoms with Crippen LogP contribution in [0.15, 0.2) is 42.7 Å². The highest BCUT2D eigenvalue weighted by molar-refractivity contribution is 6.74. The van der Waals surface area contributed by atoms with Gasteiger partial charge in [0.15, 0.2) is 8.32 Å². The maximum Gasteiger partial charge on any atom is 0.192 e. The maximum absolute atomic E-state index is 10.7. The predicted molar refractivity (Wildman–Crippen MR) is 112 cm³/mol. The zero-order chi connectivity index (χ0) is 20.5. The van der Waals surface area contributed by atoms with Crippen LogP contribution in [0, 0.1) is 0 Å². The second-order valence-corrected chi connectivity index (χ2v) is 13.9. The summed E-state index contributed by atoms with van der Waals surface area (Å²) >= 11 is 0. The molecule has 1 aliphatic carbocycles. The van der Waals surface area contributed by atoms with E-state index in [0.29, 0.717) is 6.61 Å². The Morgan fingerprint density at radius 2 is 1.82 bits per heavy atom. The van der Waals surface area contributed by atoms with Gasteiger partial charge in [0.1, 0.15) is 30.5 Å². The average Bonchev–Trinajstić information content (AvgIpc) is 2.63. The van der Waals surface area contributed by atoms with E-state index in [2.05, 4.69) is 33.9 Å². The molecule has 1 heterocycles. The molecule has 6 heteroatoms. The molecule has 2 N–H and O–H groups in total. The summed E-state index contributed by atoms with van der Waals surface area (Å²) in [6, 6.07) is 7.69. The van der Waals surface area contributed by atoms with Gasteiger partial charge in [-0.2, -0.15) is 0 Å². The summed E-state index contributed by atoms with van der Waals surface area (Å²) in [4.78, 5) is 0. The Balaban J connectivity index is 1.71. The van der Waals surface area contributed by atoms with Crippen molar-refractivity contribution in [2.75, 3.05) is 6.61 Å². The Morgan fingerprint density at radius 3 is 2.54 bits per heavy atom. The van der Waals surface area contributed by atoms with Crippen LogP contribution in [-0.4, -0.2) is 49.6 Å². The van der Waals surface area contributed by atoms with Crippen molar-refractivity contribution < 1.29 is 24.1 Å². The van der Waals surface area contributed by atoms with Crippen LogP contribution >= 0.6 is 0 Å². The molecule has 3 rings (SSSR count). The van der Waals surface area contributed by atoms with Gasteiger partial charge in [-0.05, 0) is 35.3 Å². The van der Waals surface area contributed by atoms with Crippen molar-refractivity contribution >= 4 is 14.4 Å². The molecule has 0 radical (unpaired) electrons. The molecule has 0 spiro atoms. The largest absolute Gasteiger partial charge is 0.493 e. The fraction of sp³-hybridized carbons (Fsp3) is 0.545. The lowest BCUT2D eigenvalue weighted by atomic mass is 9.92. The van der Waals surface area contributed by atoms with Gasteiger partial charge in [-0.25, -0.2) is 0 Å². The minimum Gasteiger partial charge on any atom is -0.493 e. The highest BCUT2D eigenvalue weighted by atomic mass is 28.4. The van der Waals surface area contributed by atoms with Gasteiger partial charge in [-0.1, -0.05) is 57.2 Å². The lowest BCUT2D eigenvalue weighted by molar-refractivity contribution is -0.149. The first-order valence-electron chi connectivity index (χ1n) is 9.85. The lowest BCUT2D eigenvalue weighted by Gasteiger charge is -2.40. The highest BCUT2D eigenvalue weighted by Crippen LogP contribution is 2.37. The smallest absolute Gasteiger partial charge is 0.192 e. The molecule has 154 valence electrons. The topological polar surface area (TPSA) is 68.2 Å². The van der Waals surface area contributed by atoms with Crippen LogP contribution in [-0.2, 0) is 13.9 Å². The van der Waals surface area contributed by atoms with Gasteiger partial charge in [-0.3, -0.25) is 0 Å². The van der Waals surface area contributed by atoms with Crippen molar-refractivity contribution in [3.63, 3.8) is 0 Å². The van der Waals surface area contributed by atoms with Crippen molar-refractivity contribution in [3.05, 3.63) is 53.8 Å². The van der Waals surface area contributed by atoms with Gasteiger partial charge >= 0.3 is 0 Å². The zero-order valence-electron chi connectivity index (χ0n) is 17.3. The van der Waals surface area contributed by atoms with Crippen molar-refractivity contribution in [1.82, 2.24) is 0 Å². The van der Waals surface area contributed by atoms with E-state index in [9.17, 15) is 10.2 Å². The predicted octanol–water partition coefficient (Wildman–Crippen LogP) is 3.80. The van der Waals surface area contributed by atoms with Crippen LogP contribution < -0.4 is 0 Å². The van der Waals surface area contributed by atoms with E-state index in [1.807, 2.05) is 36.4 Å². The number of benzene rings is 1. The summed E-state index contributed by atoms with van der Waals surface area (Å²) in [6.45, 7) is 11.3. The zero-order valence-corrected chi connectivity index (χ0v) is 18.3. The van der Waals surface area contributed by atoms with Crippen LogP contribution in [0.5, 0.6) is 0 Å². The van der Waals surface area contributed by atoms with Crippen molar-refractivity contribution in [1.29, 1.82) is 0 Å². The van der Waals surface area contributed by atoms with Crippen molar-refractivity contribution in [2.45, 2.75) is 69.4 Å². The lowest BCUT2D eigenvalue weighted by Crippen LogP contribution is -2.50. The van der Waals surface area contributed by atoms with Gasteiger partial charge < -0.3 is 24.1 Å². The number of hydrogen-bond donors (Lipinski definition) is 2. The monoisotopic (exact) mass is 404 g/mol. The Labute approximate surface area is 168 Å². The molecule has 0 unspecified atom stereocenters. The molecule has 0 saturated heterocycles. The second-order valence-electron chi connectivity index (χ2n) is 9.06. The molecule has 5 atom stereocenters. The van der Waals surface area contributed by atoms with E-state index in [1.54, 1.807) is 6.08 Å². The number of hydrogen-bond acceptors (Lipinski definition) is 5. The van der Waals surface area contributed by atoms with Crippen LogP contribution in [0.1, 0.15) is 38.0 Å². The average molecular weight is 405 g/mol. The summed E-state index contributed by atoms with van der Waals surface area (Å²) in [7, 11) is -1.96. The fourth-order valence-electron chi connectivity index (χ4n) is 3.16. The summed E-state index contributed by atoms with van der Waals surface area (Å²) in [5, 5.41) is 21.3. The van der Waals surface area contributed by atoms with Crippen LogP contribution in [0.3, 0.4) is 0 Å². The van der Waals surface area contributed by atoms with Crippen molar-refractivity contribution in [3.8, 4) is 0 Å². The summed E-state index contributed by atoms with van der Waals surface area (Å²) in [6.07, 6.45) is 3.63. The molecule has 0 aromatic heterocycles. The molecular weight excluding hydrogens is 372 g/mol. The van der Waals surface area contributed by atoms with E-state index < -0.39 is 38.8 Å². The molecule has 0 saturated carbocycles.